The lowest BCUT2D eigenvalue weighted by Crippen LogP contribution is -2.45. The van der Waals surface area contributed by atoms with Gasteiger partial charge < -0.3 is 10.4 Å². The smallest absolute Gasteiger partial charge is 0.305 e. The lowest BCUT2D eigenvalue weighted by molar-refractivity contribution is -0.138. The molecular weight excluding hydrogens is 280 g/mol. The molecular formula is C15H19F2NO3. The third-order valence-electron chi connectivity index (χ3n) is 3.16. The van der Waals surface area contributed by atoms with Crippen molar-refractivity contribution in [2.24, 2.45) is 5.41 Å². The highest BCUT2D eigenvalue weighted by molar-refractivity contribution is 5.80. The van der Waals surface area contributed by atoms with Crippen molar-refractivity contribution >= 4 is 11.9 Å². The summed E-state index contributed by atoms with van der Waals surface area (Å²) in [7, 11) is 0. The Morgan fingerprint density at radius 1 is 1.24 bits per heavy atom. The van der Waals surface area contributed by atoms with Crippen LogP contribution in [0.4, 0.5) is 8.78 Å². The lowest BCUT2D eigenvalue weighted by Gasteiger charge is -2.30. The van der Waals surface area contributed by atoms with E-state index in [4.69, 9.17) is 5.11 Å². The van der Waals surface area contributed by atoms with E-state index in [0.29, 0.717) is 0 Å². The highest BCUT2D eigenvalue weighted by atomic mass is 19.1. The van der Waals surface area contributed by atoms with Crippen LogP contribution in [0.3, 0.4) is 0 Å². The fourth-order valence-corrected chi connectivity index (χ4v) is 1.86. The van der Waals surface area contributed by atoms with Gasteiger partial charge in [0.2, 0.25) is 5.91 Å². The topological polar surface area (TPSA) is 66.4 Å². The van der Waals surface area contributed by atoms with Crippen molar-refractivity contribution < 1.29 is 23.5 Å². The van der Waals surface area contributed by atoms with Gasteiger partial charge in [-0.05, 0) is 17.5 Å². The number of aliphatic carboxylic acids is 1. The minimum Gasteiger partial charge on any atom is -0.481 e. The Hall–Kier alpha value is -1.98. The second-order valence-corrected chi connectivity index (χ2v) is 5.96. The number of hydrogen-bond donors (Lipinski definition) is 2. The maximum Gasteiger partial charge on any atom is 0.305 e. The summed E-state index contributed by atoms with van der Waals surface area (Å²) in [6, 6.07) is 2.74. The molecule has 0 heterocycles. The normalized spacial score (nSPS) is 12.8. The fourth-order valence-electron chi connectivity index (χ4n) is 1.86. The Kier molecular flexibility index (Phi) is 5.41. The number of carbonyl (C=O) groups excluding carboxylic acids is 1. The highest BCUT2D eigenvalue weighted by Crippen LogP contribution is 2.22. The standard InChI is InChI=1S/C15H19F2NO3/c1-15(2,3)12(8-14(20)21)18-13(19)7-9-10(16)5-4-6-11(9)17/h4-6,12H,7-8H2,1-3H3,(H,18,19)(H,20,21). The number of benzene rings is 1. The summed E-state index contributed by atoms with van der Waals surface area (Å²) in [5.74, 6) is -3.25. The first kappa shape index (κ1) is 17.1. The average molecular weight is 299 g/mol. The van der Waals surface area contributed by atoms with Crippen LogP contribution in [-0.2, 0) is 16.0 Å². The first-order chi connectivity index (χ1) is 9.61. The minimum absolute atomic E-state index is 0.255. The molecule has 1 rings (SSSR count). The van der Waals surface area contributed by atoms with Crippen LogP contribution < -0.4 is 5.32 Å². The van der Waals surface area contributed by atoms with E-state index in [1.54, 1.807) is 20.8 Å². The zero-order valence-corrected chi connectivity index (χ0v) is 12.2. The molecule has 1 aromatic carbocycles. The minimum atomic E-state index is -1.05. The molecule has 0 aliphatic rings. The number of amides is 1. The molecule has 6 heteroatoms. The van der Waals surface area contributed by atoms with Gasteiger partial charge in [0.05, 0.1) is 12.8 Å². The van der Waals surface area contributed by atoms with E-state index in [2.05, 4.69) is 5.32 Å². The molecule has 0 radical (unpaired) electrons. The molecule has 0 aliphatic carbocycles. The quantitative estimate of drug-likeness (QED) is 0.878. The van der Waals surface area contributed by atoms with Gasteiger partial charge in [-0.3, -0.25) is 9.59 Å². The average Bonchev–Trinajstić information content (AvgIpc) is 2.31. The number of hydrogen-bond acceptors (Lipinski definition) is 2. The molecule has 0 aromatic heterocycles. The second kappa shape index (κ2) is 6.65. The summed E-state index contributed by atoms with van der Waals surface area (Å²) in [4.78, 5) is 22.8. The monoisotopic (exact) mass is 299 g/mol. The third kappa shape index (κ3) is 5.13. The van der Waals surface area contributed by atoms with Gasteiger partial charge in [-0.1, -0.05) is 26.8 Å². The van der Waals surface area contributed by atoms with Crippen LogP contribution in [0.2, 0.25) is 0 Å². The molecule has 1 unspecified atom stereocenters. The van der Waals surface area contributed by atoms with E-state index >= 15 is 0 Å². The van der Waals surface area contributed by atoms with Crippen LogP contribution in [0.25, 0.3) is 0 Å². The molecule has 1 atom stereocenters. The van der Waals surface area contributed by atoms with E-state index in [1.807, 2.05) is 0 Å². The molecule has 0 fully saturated rings. The number of halogens is 2. The third-order valence-corrected chi connectivity index (χ3v) is 3.16. The van der Waals surface area contributed by atoms with Crippen LogP contribution in [0, 0.1) is 17.0 Å². The Labute approximate surface area is 122 Å². The maximum atomic E-state index is 13.5. The first-order valence-electron chi connectivity index (χ1n) is 6.55. The van der Waals surface area contributed by atoms with Crippen molar-refractivity contribution in [1.29, 1.82) is 0 Å². The molecule has 0 aliphatic heterocycles. The van der Waals surface area contributed by atoms with Crippen molar-refractivity contribution in [2.75, 3.05) is 0 Å². The molecule has 0 saturated heterocycles. The van der Waals surface area contributed by atoms with E-state index in [-0.39, 0.29) is 12.0 Å². The number of carboxylic acids is 1. The molecule has 0 saturated carbocycles. The van der Waals surface area contributed by atoms with Gasteiger partial charge in [-0.25, -0.2) is 8.78 Å². The summed E-state index contributed by atoms with van der Waals surface area (Å²) in [5.41, 5.74) is -0.806. The molecule has 0 spiro atoms. The van der Waals surface area contributed by atoms with Crippen molar-refractivity contribution in [1.82, 2.24) is 5.32 Å². The van der Waals surface area contributed by atoms with Gasteiger partial charge in [0.25, 0.3) is 0 Å². The van der Waals surface area contributed by atoms with Crippen molar-refractivity contribution in [3.05, 3.63) is 35.4 Å². The molecule has 1 aromatic rings. The SMILES string of the molecule is CC(C)(C)C(CC(=O)O)NC(=O)Cc1c(F)cccc1F. The van der Waals surface area contributed by atoms with Crippen LogP contribution in [0.5, 0.6) is 0 Å². The van der Waals surface area contributed by atoms with Crippen molar-refractivity contribution in [3.8, 4) is 0 Å². The van der Waals surface area contributed by atoms with Gasteiger partial charge in [0.15, 0.2) is 0 Å². The Morgan fingerprint density at radius 3 is 2.19 bits per heavy atom. The summed E-state index contributed by atoms with van der Waals surface area (Å²) < 4.78 is 27.0. The molecule has 116 valence electrons. The zero-order chi connectivity index (χ0) is 16.2. The van der Waals surface area contributed by atoms with E-state index in [9.17, 15) is 18.4 Å². The number of carboxylic acid groups (broad SMARTS) is 1. The molecule has 2 N–H and O–H groups in total. The number of rotatable bonds is 5. The maximum absolute atomic E-state index is 13.5. The summed E-state index contributed by atoms with van der Waals surface area (Å²) in [6.45, 7) is 5.35. The van der Waals surface area contributed by atoms with Gasteiger partial charge in [0.1, 0.15) is 11.6 Å². The van der Waals surface area contributed by atoms with Crippen molar-refractivity contribution in [2.45, 2.75) is 39.7 Å². The predicted molar refractivity (Wildman–Crippen MR) is 73.7 cm³/mol. The molecule has 21 heavy (non-hydrogen) atoms. The zero-order valence-electron chi connectivity index (χ0n) is 12.2. The van der Waals surface area contributed by atoms with Gasteiger partial charge >= 0.3 is 5.97 Å². The predicted octanol–water partition coefficient (Wildman–Crippen LogP) is 2.51. The van der Waals surface area contributed by atoms with Crippen LogP contribution in [0.15, 0.2) is 18.2 Å². The largest absolute Gasteiger partial charge is 0.481 e. The Bertz CT molecular complexity index is 518. The molecule has 4 nitrogen and oxygen atoms in total. The van der Waals surface area contributed by atoms with Gasteiger partial charge in [0, 0.05) is 11.6 Å². The Balaban J connectivity index is 2.81. The number of carbonyl (C=O) groups is 2. The second-order valence-electron chi connectivity index (χ2n) is 5.96. The van der Waals surface area contributed by atoms with Gasteiger partial charge in [-0.2, -0.15) is 0 Å². The molecule has 0 bridgehead atoms. The van der Waals surface area contributed by atoms with Crippen LogP contribution in [-0.4, -0.2) is 23.0 Å². The first-order valence-corrected chi connectivity index (χ1v) is 6.55. The summed E-state index contributed by atoms with van der Waals surface area (Å²) in [6.07, 6.45) is -0.723. The highest BCUT2D eigenvalue weighted by Gasteiger charge is 2.28. The van der Waals surface area contributed by atoms with Gasteiger partial charge in [-0.15, -0.1) is 0 Å². The fraction of sp³-hybridized carbons (Fsp3) is 0.467. The van der Waals surface area contributed by atoms with Crippen LogP contribution >= 0.6 is 0 Å². The number of nitrogens with one attached hydrogen (secondary N) is 1. The van der Waals surface area contributed by atoms with Crippen LogP contribution in [0.1, 0.15) is 32.8 Å². The summed E-state index contributed by atoms with van der Waals surface area (Å²) >= 11 is 0. The van der Waals surface area contributed by atoms with E-state index in [0.717, 1.165) is 12.1 Å². The van der Waals surface area contributed by atoms with E-state index < -0.39 is 41.4 Å². The lowest BCUT2D eigenvalue weighted by atomic mass is 9.84. The Morgan fingerprint density at radius 2 is 1.76 bits per heavy atom. The summed E-state index contributed by atoms with van der Waals surface area (Å²) in [5, 5.41) is 11.4. The molecule has 1 amide bonds. The van der Waals surface area contributed by atoms with Crippen molar-refractivity contribution in [3.63, 3.8) is 0 Å². The van der Waals surface area contributed by atoms with E-state index in [1.165, 1.54) is 6.07 Å².